The number of hydrogen-bond acceptors (Lipinski definition) is 4. The third kappa shape index (κ3) is 3.84. The van der Waals surface area contributed by atoms with Gasteiger partial charge in [0.15, 0.2) is 0 Å². The number of methoxy groups -OCH3 is 1. The van der Waals surface area contributed by atoms with Crippen molar-refractivity contribution in [3.8, 4) is 6.07 Å². The topological polar surface area (TPSA) is 50.1 Å². The minimum absolute atomic E-state index is 0.452. The van der Waals surface area contributed by atoms with Gasteiger partial charge in [0.25, 0.3) is 0 Å². The average molecular weight is 258 g/mol. The fourth-order valence-corrected chi connectivity index (χ4v) is 2.47. The molecule has 0 saturated carbocycles. The van der Waals surface area contributed by atoms with Gasteiger partial charge in [-0.3, -0.25) is 4.79 Å². The largest absolute Gasteiger partial charge is 0.468 e. The predicted octanol–water partition coefficient (Wildman–Crippen LogP) is 3.04. The molecule has 16 heavy (non-hydrogen) atoms. The van der Waals surface area contributed by atoms with Crippen LogP contribution in [0.3, 0.4) is 0 Å². The summed E-state index contributed by atoms with van der Waals surface area (Å²) in [7, 11) is 1.30. The molecule has 0 fully saturated rings. The Labute approximate surface area is 104 Å². The van der Waals surface area contributed by atoms with Crippen LogP contribution in [0.1, 0.15) is 17.7 Å². The number of nitrogens with zero attached hydrogens (tertiary/aromatic N) is 1. The van der Waals surface area contributed by atoms with Crippen LogP contribution in [0.5, 0.6) is 0 Å². The lowest BCUT2D eigenvalue weighted by Gasteiger charge is -2.05. The highest BCUT2D eigenvalue weighted by Gasteiger charge is 2.17. The quantitative estimate of drug-likeness (QED) is 0.762. The molecule has 3 nitrogen and oxygen atoms in total. The van der Waals surface area contributed by atoms with Crippen molar-refractivity contribution in [1.82, 2.24) is 0 Å². The lowest BCUT2D eigenvalue weighted by molar-refractivity contribution is -0.143. The number of nitriles is 1. The summed E-state index contributed by atoms with van der Waals surface area (Å²) in [5.41, 5.74) is 0. The number of esters is 1. The first kappa shape index (κ1) is 13.0. The van der Waals surface area contributed by atoms with E-state index in [1.807, 2.05) is 18.2 Å². The van der Waals surface area contributed by atoms with Crippen molar-refractivity contribution in [2.45, 2.75) is 19.3 Å². The van der Waals surface area contributed by atoms with Crippen LogP contribution in [0.15, 0.2) is 12.1 Å². The Morgan fingerprint density at radius 1 is 1.69 bits per heavy atom. The van der Waals surface area contributed by atoms with Gasteiger partial charge in [-0.15, -0.1) is 11.3 Å². The van der Waals surface area contributed by atoms with Crippen molar-refractivity contribution in [2.75, 3.05) is 7.11 Å². The number of rotatable bonds is 5. The summed E-state index contributed by atoms with van der Waals surface area (Å²) in [4.78, 5) is 12.3. The summed E-state index contributed by atoms with van der Waals surface area (Å²) < 4.78 is 5.29. The lowest BCUT2D eigenvalue weighted by Crippen LogP contribution is -2.14. The summed E-state index contributed by atoms with van der Waals surface area (Å²) in [6.07, 6.45) is 2.15. The fraction of sp³-hybridized carbons (Fsp3) is 0.455. The van der Waals surface area contributed by atoms with Gasteiger partial charge < -0.3 is 4.74 Å². The second kappa shape index (κ2) is 6.51. The van der Waals surface area contributed by atoms with Gasteiger partial charge >= 0.3 is 5.97 Å². The number of carbonyl (C=O) groups is 1. The van der Waals surface area contributed by atoms with Crippen LogP contribution in [-0.4, -0.2) is 13.1 Å². The van der Waals surface area contributed by atoms with Crippen molar-refractivity contribution < 1.29 is 9.53 Å². The van der Waals surface area contributed by atoms with E-state index >= 15 is 0 Å². The molecule has 5 heteroatoms. The van der Waals surface area contributed by atoms with Crippen molar-refractivity contribution in [2.24, 2.45) is 5.92 Å². The maximum Gasteiger partial charge on any atom is 0.323 e. The van der Waals surface area contributed by atoms with Gasteiger partial charge in [0, 0.05) is 4.88 Å². The smallest absolute Gasteiger partial charge is 0.323 e. The van der Waals surface area contributed by atoms with E-state index in [-0.39, 0.29) is 0 Å². The first-order valence-corrected chi connectivity index (χ1v) is 6.08. The third-order valence-electron chi connectivity index (χ3n) is 2.19. The highest BCUT2D eigenvalue weighted by atomic mass is 35.5. The number of hydrogen-bond donors (Lipinski definition) is 0. The van der Waals surface area contributed by atoms with Gasteiger partial charge in [-0.2, -0.15) is 5.26 Å². The summed E-state index contributed by atoms with van der Waals surface area (Å²) in [5, 5.41) is 8.76. The maximum atomic E-state index is 11.1. The summed E-state index contributed by atoms with van der Waals surface area (Å²) in [5.74, 6) is -1.10. The Morgan fingerprint density at radius 3 is 2.94 bits per heavy atom. The van der Waals surface area contributed by atoms with Crippen LogP contribution < -0.4 is 0 Å². The first-order valence-electron chi connectivity index (χ1n) is 4.89. The molecule has 0 amide bonds. The van der Waals surface area contributed by atoms with Crippen molar-refractivity contribution in [3.63, 3.8) is 0 Å². The van der Waals surface area contributed by atoms with Crippen LogP contribution in [0.25, 0.3) is 0 Å². The highest BCUT2D eigenvalue weighted by Crippen LogP contribution is 2.23. The van der Waals surface area contributed by atoms with Gasteiger partial charge in [-0.25, -0.2) is 0 Å². The molecule has 0 N–H and O–H groups in total. The first-order chi connectivity index (χ1) is 7.67. The SMILES string of the molecule is COC(=O)C(C#N)CCCc1ccc(Cl)s1. The van der Waals surface area contributed by atoms with Gasteiger partial charge in [0.1, 0.15) is 5.92 Å². The Hall–Kier alpha value is -1.05. The zero-order valence-corrected chi connectivity index (χ0v) is 10.5. The molecule has 0 aromatic carbocycles. The summed E-state index contributed by atoms with van der Waals surface area (Å²) in [6, 6.07) is 5.76. The van der Waals surface area contributed by atoms with Crippen LogP contribution in [0, 0.1) is 17.2 Å². The molecule has 1 rings (SSSR count). The Morgan fingerprint density at radius 2 is 2.44 bits per heavy atom. The van der Waals surface area contributed by atoms with Crippen molar-refractivity contribution >= 4 is 28.9 Å². The number of carbonyl (C=O) groups excluding carboxylic acids is 1. The van der Waals surface area contributed by atoms with Crippen LogP contribution in [-0.2, 0) is 16.0 Å². The molecule has 1 aromatic rings. The monoisotopic (exact) mass is 257 g/mol. The minimum atomic E-state index is -0.652. The van der Waals surface area contributed by atoms with Gasteiger partial charge in [0.05, 0.1) is 17.5 Å². The Kier molecular flexibility index (Phi) is 5.30. The molecule has 1 heterocycles. The molecule has 0 spiro atoms. The van der Waals surface area contributed by atoms with E-state index < -0.39 is 11.9 Å². The standard InChI is InChI=1S/C11H12ClNO2S/c1-15-11(14)8(7-13)3-2-4-9-5-6-10(12)16-9/h5-6,8H,2-4H2,1H3. The van der Waals surface area contributed by atoms with Crippen molar-refractivity contribution in [3.05, 3.63) is 21.3 Å². The molecule has 0 radical (unpaired) electrons. The molecular weight excluding hydrogens is 246 g/mol. The van der Waals surface area contributed by atoms with E-state index in [2.05, 4.69) is 4.74 Å². The third-order valence-corrected chi connectivity index (χ3v) is 3.48. The van der Waals surface area contributed by atoms with E-state index in [0.29, 0.717) is 6.42 Å². The van der Waals surface area contributed by atoms with Gasteiger partial charge in [-0.1, -0.05) is 11.6 Å². The number of halogens is 1. The summed E-state index contributed by atoms with van der Waals surface area (Å²) >= 11 is 7.32. The van der Waals surface area contributed by atoms with E-state index in [1.54, 1.807) is 0 Å². The fourth-order valence-electron chi connectivity index (χ4n) is 1.34. The Balaban J connectivity index is 2.34. The molecule has 1 atom stereocenters. The average Bonchev–Trinajstić information content (AvgIpc) is 2.69. The molecule has 86 valence electrons. The van der Waals surface area contributed by atoms with Crippen LogP contribution in [0.2, 0.25) is 4.34 Å². The van der Waals surface area contributed by atoms with Crippen LogP contribution >= 0.6 is 22.9 Å². The normalized spacial score (nSPS) is 11.8. The van der Waals surface area contributed by atoms with Gasteiger partial charge in [0.2, 0.25) is 0 Å². The number of ether oxygens (including phenoxy) is 1. The van der Waals surface area contributed by atoms with E-state index in [1.165, 1.54) is 23.3 Å². The second-order valence-electron chi connectivity index (χ2n) is 3.30. The molecule has 0 aliphatic heterocycles. The Bertz CT molecular complexity index is 397. The molecule has 0 saturated heterocycles. The molecule has 1 aromatic heterocycles. The van der Waals surface area contributed by atoms with E-state index in [0.717, 1.165) is 17.2 Å². The minimum Gasteiger partial charge on any atom is -0.468 e. The molecule has 1 unspecified atom stereocenters. The van der Waals surface area contributed by atoms with Gasteiger partial charge in [-0.05, 0) is 31.4 Å². The molecule has 0 bridgehead atoms. The molecular formula is C11H12ClNO2S. The molecule has 0 aliphatic rings. The van der Waals surface area contributed by atoms with E-state index in [9.17, 15) is 4.79 Å². The predicted molar refractivity (Wildman–Crippen MR) is 63.4 cm³/mol. The lowest BCUT2D eigenvalue weighted by atomic mass is 10.0. The maximum absolute atomic E-state index is 11.1. The van der Waals surface area contributed by atoms with Crippen molar-refractivity contribution in [1.29, 1.82) is 5.26 Å². The van der Waals surface area contributed by atoms with Crippen LogP contribution in [0.4, 0.5) is 0 Å². The summed E-state index contributed by atoms with van der Waals surface area (Å²) in [6.45, 7) is 0. The number of aryl methyl sites for hydroxylation is 1. The zero-order chi connectivity index (χ0) is 12.0. The zero-order valence-electron chi connectivity index (χ0n) is 8.90. The molecule has 0 aliphatic carbocycles. The highest BCUT2D eigenvalue weighted by molar-refractivity contribution is 7.16. The number of thiophene rings is 1. The van der Waals surface area contributed by atoms with E-state index in [4.69, 9.17) is 16.9 Å². The second-order valence-corrected chi connectivity index (χ2v) is 5.10.